The highest BCUT2D eigenvalue weighted by molar-refractivity contribution is 8.76. The third-order valence-corrected chi connectivity index (χ3v) is 8.31. The number of benzene rings is 1. The molecule has 4 rings (SSSR count). The number of anilines is 1. The standard InChI is InChI=1S/C21H27N5O4S2/c1-3-31-32-12(2)13-6-4-5-7-14(13)21(28)30-15-8-17(29-16(15)9-27)26-11-25-18-19(22)23-10-24-20(18)26/h4-7,10-12,15-17,19,27H,3,8-9,22H2,1-2H3,(H,23,24)/t12?,15-,16-,17-,19?/m1/s1. The molecule has 0 bridgehead atoms. The Balaban J connectivity index is 1.49. The molecular formula is C21H27N5O4S2. The van der Waals surface area contributed by atoms with Gasteiger partial charge in [0.2, 0.25) is 0 Å². The first-order valence-electron chi connectivity index (χ1n) is 10.5. The van der Waals surface area contributed by atoms with Crippen molar-refractivity contribution in [1.29, 1.82) is 0 Å². The maximum Gasteiger partial charge on any atom is 0.338 e. The van der Waals surface area contributed by atoms with E-state index in [4.69, 9.17) is 15.2 Å². The van der Waals surface area contributed by atoms with Crippen molar-refractivity contribution in [3.8, 4) is 0 Å². The molecule has 32 heavy (non-hydrogen) atoms. The summed E-state index contributed by atoms with van der Waals surface area (Å²) < 4.78 is 13.6. The van der Waals surface area contributed by atoms with Crippen molar-refractivity contribution in [3.05, 3.63) is 47.4 Å². The summed E-state index contributed by atoms with van der Waals surface area (Å²) in [5.74, 6) is 1.26. The number of aliphatic imine (C=N–C) groups is 1. The number of aliphatic hydroxyl groups is 1. The first kappa shape index (κ1) is 23.1. The summed E-state index contributed by atoms with van der Waals surface area (Å²) >= 11 is 0. The van der Waals surface area contributed by atoms with Crippen LogP contribution in [0.15, 0.2) is 35.6 Å². The number of hydrogen-bond acceptors (Lipinski definition) is 10. The number of carbonyl (C=O) groups is 1. The molecule has 9 nitrogen and oxygen atoms in total. The summed E-state index contributed by atoms with van der Waals surface area (Å²) in [5.41, 5.74) is 8.05. The maximum absolute atomic E-state index is 13.1. The lowest BCUT2D eigenvalue weighted by atomic mass is 10.0. The lowest BCUT2D eigenvalue weighted by Crippen LogP contribution is -2.30. The van der Waals surface area contributed by atoms with Gasteiger partial charge in [0, 0.05) is 17.4 Å². The van der Waals surface area contributed by atoms with Gasteiger partial charge < -0.3 is 25.6 Å². The number of imidazole rings is 1. The predicted molar refractivity (Wildman–Crippen MR) is 127 cm³/mol. The largest absolute Gasteiger partial charge is 0.456 e. The first-order chi connectivity index (χ1) is 15.5. The van der Waals surface area contributed by atoms with E-state index in [1.165, 1.54) is 6.34 Å². The van der Waals surface area contributed by atoms with E-state index in [0.717, 1.165) is 11.3 Å². The van der Waals surface area contributed by atoms with Gasteiger partial charge >= 0.3 is 5.97 Å². The molecule has 0 amide bonds. The van der Waals surface area contributed by atoms with Crippen LogP contribution in [0.25, 0.3) is 0 Å². The zero-order chi connectivity index (χ0) is 22.7. The third kappa shape index (κ3) is 4.67. The van der Waals surface area contributed by atoms with Gasteiger partial charge in [-0.15, -0.1) is 0 Å². The highest BCUT2D eigenvalue weighted by Gasteiger charge is 2.40. The van der Waals surface area contributed by atoms with Crippen molar-refractivity contribution in [2.24, 2.45) is 10.7 Å². The Morgan fingerprint density at radius 1 is 1.47 bits per heavy atom. The number of ether oxygens (including phenoxy) is 2. The van der Waals surface area contributed by atoms with Crippen LogP contribution < -0.4 is 11.1 Å². The van der Waals surface area contributed by atoms with Crippen LogP contribution in [0.5, 0.6) is 0 Å². The van der Waals surface area contributed by atoms with Gasteiger partial charge in [0.15, 0.2) is 0 Å². The fourth-order valence-electron chi connectivity index (χ4n) is 3.83. The molecule has 5 atom stereocenters. The van der Waals surface area contributed by atoms with Crippen LogP contribution in [0, 0.1) is 0 Å². The lowest BCUT2D eigenvalue weighted by molar-refractivity contribution is -0.0504. The normalized spacial score (nSPS) is 25.2. The summed E-state index contributed by atoms with van der Waals surface area (Å²) in [6.07, 6.45) is 1.29. The number of esters is 1. The van der Waals surface area contributed by atoms with Crippen molar-refractivity contribution in [2.45, 2.75) is 50.1 Å². The highest BCUT2D eigenvalue weighted by atomic mass is 33.1. The van der Waals surface area contributed by atoms with Gasteiger partial charge in [-0.25, -0.2) is 9.78 Å². The van der Waals surface area contributed by atoms with Gasteiger partial charge in [0.25, 0.3) is 0 Å². The molecule has 2 aliphatic heterocycles. The summed E-state index contributed by atoms with van der Waals surface area (Å²) in [6, 6.07) is 7.49. The number of aromatic nitrogens is 2. The Morgan fingerprint density at radius 3 is 3.06 bits per heavy atom. The second-order valence-electron chi connectivity index (χ2n) is 7.48. The van der Waals surface area contributed by atoms with Crippen molar-refractivity contribution < 1.29 is 19.4 Å². The predicted octanol–water partition coefficient (Wildman–Crippen LogP) is 3.26. The third-order valence-electron chi connectivity index (χ3n) is 5.42. The molecule has 172 valence electrons. The number of nitrogens with zero attached hydrogens (tertiary/aromatic N) is 3. The van der Waals surface area contributed by atoms with Gasteiger partial charge in [-0.3, -0.25) is 9.56 Å². The average molecular weight is 478 g/mol. The van der Waals surface area contributed by atoms with Gasteiger partial charge in [-0.05, 0) is 18.6 Å². The SMILES string of the molecule is CCSSC(C)c1ccccc1C(=O)O[C@@H]1C[C@H](n2cnc3c2NC=NC3N)O[C@@H]1CO. The molecule has 11 heteroatoms. The van der Waals surface area contributed by atoms with Crippen LogP contribution in [-0.2, 0) is 9.47 Å². The minimum Gasteiger partial charge on any atom is -0.456 e. The number of fused-ring (bicyclic) bond motifs is 1. The van der Waals surface area contributed by atoms with Crippen molar-refractivity contribution in [1.82, 2.24) is 9.55 Å². The molecule has 1 aromatic carbocycles. The first-order valence-corrected chi connectivity index (χ1v) is 12.9. The second-order valence-corrected chi connectivity index (χ2v) is 10.5. The molecule has 0 aliphatic carbocycles. The number of nitrogens with two attached hydrogens (primary N) is 1. The van der Waals surface area contributed by atoms with Gasteiger partial charge in [-0.2, -0.15) is 0 Å². The van der Waals surface area contributed by atoms with E-state index in [1.54, 1.807) is 38.5 Å². The van der Waals surface area contributed by atoms with Crippen LogP contribution in [-0.4, -0.2) is 51.5 Å². The molecule has 2 aromatic rings. The summed E-state index contributed by atoms with van der Waals surface area (Å²) in [7, 11) is 3.48. The van der Waals surface area contributed by atoms with Crippen LogP contribution in [0.1, 0.15) is 59.5 Å². The van der Waals surface area contributed by atoms with Crippen molar-refractivity contribution in [2.75, 3.05) is 17.7 Å². The Hall–Kier alpha value is -2.05. The molecule has 0 radical (unpaired) electrons. The summed E-state index contributed by atoms with van der Waals surface area (Å²) in [4.78, 5) is 21.5. The maximum atomic E-state index is 13.1. The monoisotopic (exact) mass is 477 g/mol. The molecule has 1 fully saturated rings. The average Bonchev–Trinajstić information content (AvgIpc) is 3.42. The molecule has 2 unspecified atom stereocenters. The molecular weight excluding hydrogens is 450 g/mol. The Labute approximate surface area is 194 Å². The van der Waals surface area contributed by atoms with E-state index in [2.05, 4.69) is 29.1 Å². The minimum absolute atomic E-state index is 0.138. The smallest absolute Gasteiger partial charge is 0.338 e. The molecule has 0 spiro atoms. The Kier molecular flexibility index (Phi) is 7.41. The van der Waals surface area contributed by atoms with Crippen LogP contribution in [0.4, 0.5) is 5.82 Å². The van der Waals surface area contributed by atoms with Gasteiger partial charge in [0.1, 0.15) is 36.1 Å². The zero-order valence-corrected chi connectivity index (χ0v) is 19.5. The van der Waals surface area contributed by atoms with Gasteiger partial charge in [-0.1, -0.05) is 46.7 Å². The number of carbonyl (C=O) groups excluding carboxylic acids is 1. The topological polar surface area (TPSA) is 124 Å². The van der Waals surface area contributed by atoms with E-state index in [1.807, 2.05) is 18.2 Å². The molecule has 1 saturated heterocycles. The number of aliphatic hydroxyl groups excluding tert-OH is 1. The number of hydrogen-bond donors (Lipinski definition) is 3. The van der Waals surface area contributed by atoms with Crippen LogP contribution in [0.2, 0.25) is 0 Å². The minimum atomic E-state index is -0.637. The van der Waals surface area contributed by atoms with E-state index in [9.17, 15) is 9.90 Å². The van der Waals surface area contributed by atoms with E-state index in [0.29, 0.717) is 23.5 Å². The Bertz CT molecular complexity index is 985. The number of rotatable bonds is 8. The van der Waals surface area contributed by atoms with Crippen molar-refractivity contribution in [3.63, 3.8) is 0 Å². The van der Waals surface area contributed by atoms with E-state index < -0.39 is 30.6 Å². The second kappa shape index (κ2) is 10.3. The van der Waals surface area contributed by atoms with E-state index in [-0.39, 0.29) is 11.9 Å². The summed E-state index contributed by atoms with van der Waals surface area (Å²) in [5, 5.41) is 13.0. The van der Waals surface area contributed by atoms with Gasteiger partial charge in [0.05, 0.1) is 24.8 Å². The molecule has 3 heterocycles. The zero-order valence-electron chi connectivity index (χ0n) is 17.9. The van der Waals surface area contributed by atoms with Crippen LogP contribution in [0.3, 0.4) is 0 Å². The fraction of sp³-hybridized carbons (Fsp3) is 0.476. The highest BCUT2D eigenvalue weighted by Crippen LogP contribution is 2.40. The van der Waals surface area contributed by atoms with Crippen LogP contribution >= 0.6 is 21.6 Å². The lowest BCUT2D eigenvalue weighted by Gasteiger charge is -2.19. The molecule has 4 N–H and O–H groups in total. The quantitative estimate of drug-likeness (QED) is 0.388. The number of nitrogens with one attached hydrogen (secondary N) is 1. The fourth-order valence-corrected chi connectivity index (χ4v) is 5.81. The van der Waals surface area contributed by atoms with E-state index >= 15 is 0 Å². The Morgan fingerprint density at radius 2 is 2.28 bits per heavy atom. The molecule has 1 aromatic heterocycles. The van der Waals surface area contributed by atoms with Crippen molar-refractivity contribution >= 4 is 39.7 Å². The molecule has 0 saturated carbocycles. The molecule has 2 aliphatic rings. The summed E-state index contributed by atoms with van der Waals surface area (Å²) in [6.45, 7) is 3.91.